The second kappa shape index (κ2) is 4.97. The van der Waals surface area contributed by atoms with Crippen molar-refractivity contribution in [1.29, 1.82) is 0 Å². The van der Waals surface area contributed by atoms with Crippen LogP contribution in [-0.4, -0.2) is 24.5 Å². The molecule has 0 bridgehead atoms. The lowest BCUT2D eigenvalue weighted by Crippen LogP contribution is -2.37. The first-order chi connectivity index (χ1) is 7.24. The minimum Gasteiger partial charge on any atom is -0.353 e. The van der Waals surface area contributed by atoms with Crippen LogP contribution in [0.5, 0.6) is 0 Å². The Labute approximate surface area is 92.0 Å². The second-order valence-electron chi connectivity index (χ2n) is 5.18. The van der Waals surface area contributed by atoms with E-state index in [1.165, 1.54) is 25.7 Å². The first kappa shape index (κ1) is 10.9. The van der Waals surface area contributed by atoms with Gasteiger partial charge < -0.3 is 10.6 Å². The summed E-state index contributed by atoms with van der Waals surface area (Å²) in [6.45, 7) is 3.35. The van der Waals surface area contributed by atoms with E-state index in [0.717, 1.165) is 18.9 Å². The van der Waals surface area contributed by atoms with E-state index in [4.69, 9.17) is 0 Å². The maximum Gasteiger partial charge on any atom is 0.221 e. The lowest BCUT2D eigenvalue weighted by Gasteiger charge is -2.15. The molecule has 86 valence electrons. The molecule has 0 radical (unpaired) electrons. The van der Waals surface area contributed by atoms with Crippen molar-refractivity contribution in [1.82, 2.24) is 10.6 Å². The molecule has 15 heavy (non-hydrogen) atoms. The van der Waals surface area contributed by atoms with Crippen LogP contribution in [-0.2, 0) is 4.79 Å². The molecule has 0 aromatic heterocycles. The average Bonchev–Trinajstić information content (AvgIpc) is 2.77. The normalized spacial score (nSPS) is 35.7. The largest absolute Gasteiger partial charge is 0.353 e. The third kappa shape index (κ3) is 3.20. The van der Waals surface area contributed by atoms with Gasteiger partial charge in [0.2, 0.25) is 5.91 Å². The monoisotopic (exact) mass is 210 g/mol. The van der Waals surface area contributed by atoms with Crippen molar-refractivity contribution >= 4 is 5.91 Å². The first-order valence-electron chi connectivity index (χ1n) is 6.27. The van der Waals surface area contributed by atoms with Crippen molar-refractivity contribution in [2.75, 3.05) is 6.54 Å². The van der Waals surface area contributed by atoms with Gasteiger partial charge in [-0.05, 0) is 44.6 Å². The Morgan fingerprint density at radius 3 is 2.87 bits per heavy atom. The van der Waals surface area contributed by atoms with Crippen LogP contribution in [0.25, 0.3) is 0 Å². The van der Waals surface area contributed by atoms with Crippen molar-refractivity contribution < 1.29 is 4.79 Å². The number of nitrogens with one attached hydrogen (secondary N) is 2. The quantitative estimate of drug-likeness (QED) is 0.740. The molecule has 2 rings (SSSR count). The standard InChI is InChI=1S/C12H22N2O/c1-9-4-5-11(7-9)14-12(15)8-10-3-2-6-13-10/h9-11,13H,2-8H2,1H3,(H,14,15). The number of amides is 1. The fourth-order valence-corrected chi connectivity index (χ4v) is 2.78. The van der Waals surface area contributed by atoms with Gasteiger partial charge in [-0.2, -0.15) is 0 Å². The second-order valence-corrected chi connectivity index (χ2v) is 5.18. The van der Waals surface area contributed by atoms with Gasteiger partial charge in [0.05, 0.1) is 0 Å². The van der Waals surface area contributed by atoms with Gasteiger partial charge >= 0.3 is 0 Å². The smallest absolute Gasteiger partial charge is 0.221 e. The van der Waals surface area contributed by atoms with Gasteiger partial charge in [-0.3, -0.25) is 4.79 Å². The highest BCUT2D eigenvalue weighted by Crippen LogP contribution is 2.24. The molecule has 3 nitrogen and oxygen atoms in total. The fraction of sp³-hybridized carbons (Fsp3) is 0.917. The van der Waals surface area contributed by atoms with Crippen LogP contribution in [0, 0.1) is 5.92 Å². The third-order valence-corrected chi connectivity index (χ3v) is 3.65. The highest BCUT2D eigenvalue weighted by atomic mass is 16.1. The molecule has 1 heterocycles. The molecule has 0 aromatic rings. The van der Waals surface area contributed by atoms with Crippen LogP contribution in [0.4, 0.5) is 0 Å². The molecule has 2 aliphatic rings. The van der Waals surface area contributed by atoms with Gasteiger partial charge in [0.1, 0.15) is 0 Å². The van der Waals surface area contributed by atoms with Crippen molar-refractivity contribution in [3.63, 3.8) is 0 Å². The first-order valence-corrected chi connectivity index (χ1v) is 6.27. The summed E-state index contributed by atoms with van der Waals surface area (Å²) in [4.78, 5) is 11.7. The molecule has 1 aliphatic heterocycles. The van der Waals surface area contributed by atoms with E-state index in [1.54, 1.807) is 0 Å². The molecule has 3 atom stereocenters. The Hall–Kier alpha value is -0.570. The van der Waals surface area contributed by atoms with Crippen molar-refractivity contribution in [2.24, 2.45) is 5.92 Å². The molecule has 2 fully saturated rings. The summed E-state index contributed by atoms with van der Waals surface area (Å²) in [7, 11) is 0. The Balaban J connectivity index is 1.67. The minimum absolute atomic E-state index is 0.244. The summed E-state index contributed by atoms with van der Waals surface area (Å²) in [5.74, 6) is 1.04. The van der Waals surface area contributed by atoms with Crippen molar-refractivity contribution in [2.45, 2.75) is 57.5 Å². The lowest BCUT2D eigenvalue weighted by molar-refractivity contribution is -0.122. The fourth-order valence-electron chi connectivity index (χ4n) is 2.78. The van der Waals surface area contributed by atoms with E-state index < -0.39 is 0 Å². The van der Waals surface area contributed by atoms with E-state index in [0.29, 0.717) is 18.5 Å². The van der Waals surface area contributed by atoms with E-state index in [2.05, 4.69) is 17.6 Å². The molecule has 2 N–H and O–H groups in total. The topological polar surface area (TPSA) is 41.1 Å². The predicted octanol–water partition coefficient (Wildman–Crippen LogP) is 1.43. The molecule has 1 saturated carbocycles. The molecule has 1 saturated heterocycles. The van der Waals surface area contributed by atoms with E-state index in [1.807, 2.05) is 0 Å². The summed E-state index contributed by atoms with van der Waals surface area (Å²) < 4.78 is 0. The van der Waals surface area contributed by atoms with Crippen LogP contribution >= 0.6 is 0 Å². The molecule has 1 aliphatic carbocycles. The molecule has 0 spiro atoms. The molecule has 3 unspecified atom stereocenters. The highest BCUT2D eigenvalue weighted by molar-refractivity contribution is 5.77. The van der Waals surface area contributed by atoms with Crippen molar-refractivity contribution in [3.8, 4) is 0 Å². The van der Waals surface area contributed by atoms with E-state index in [9.17, 15) is 4.79 Å². The van der Waals surface area contributed by atoms with Gasteiger partial charge in [-0.15, -0.1) is 0 Å². The molecule has 3 heteroatoms. The Morgan fingerprint density at radius 2 is 2.27 bits per heavy atom. The Kier molecular flexibility index (Phi) is 3.62. The maximum atomic E-state index is 11.7. The summed E-state index contributed by atoms with van der Waals surface area (Å²) in [6.07, 6.45) is 6.67. The molecular weight excluding hydrogens is 188 g/mol. The summed E-state index contributed by atoms with van der Waals surface area (Å²) in [5, 5.41) is 6.52. The summed E-state index contributed by atoms with van der Waals surface area (Å²) in [6, 6.07) is 0.887. The van der Waals surface area contributed by atoms with Gasteiger partial charge in [0, 0.05) is 18.5 Å². The number of carbonyl (C=O) groups excluding carboxylic acids is 1. The maximum absolute atomic E-state index is 11.7. The Morgan fingerprint density at radius 1 is 1.40 bits per heavy atom. The zero-order valence-corrected chi connectivity index (χ0v) is 9.59. The third-order valence-electron chi connectivity index (χ3n) is 3.65. The minimum atomic E-state index is 0.244. The van der Waals surface area contributed by atoms with Crippen LogP contribution in [0.3, 0.4) is 0 Å². The molecule has 1 amide bonds. The number of rotatable bonds is 3. The number of carbonyl (C=O) groups is 1. The van der Waals surface area contributed by atoms with E-state index in [-0.39, 0.29) is 5.91 Å². The van der Waals surface area contributed by atoms with Crippen LogP contribution in [0.1, 0.15) is 45.4 Å². The van der Waals surface area contributed by atoms with Crippen molar-refractivity contribution in [3.05, 3.63) is 0 Å². The predicted molar refractivity (Wildman–Crippen MR) is 60.6 cm³/mol. The van der Waals surface area contributed by atoms with Gasteiger partial charge in [0.15, 0.2) is 0 Å². The van der Waals surface area contributed by atoms with Gasteiger partial charge in [-0.25, -0.2) is 0 Å². The van der Waals surface area contributed by atoms with Gasteiger partial charge in [-0.1, -0.05) is 6.92 Å². The number of hydrogen-bond donors (Lipinski definition) is 2. The molecular formula is C12H22N2O. The van der Waals surface area contributed by atoms with Gasteiger partial charge in [0.25, 0.3) is 0 Å². The summed E-state index contributed by atoms with van der Waals surface area (Å²) in [5.41, 5.74) is 0. The van der Waals surface area contributed by atoms with E-state index >= 15 is 0 Å². The van der Waals surface area contributed by atoms with Crippen LogP contribution < -0.4 is 10.6 Å². The Bertz CT molecular complexity index is 224. The lowest BCUT2D eigenvalue weighted by atomic mass is 10.1. The zero-order chi connectivity index (χ0) is 10.7. The van der Waals surface area contributed by atoms with Crippen LogP contribution in [0.2, 0.25) is 0 Å². The number of hydrogen-bond acceptors (Lipinski definition) is 2. The SMILES string of the molecule is CC1CCC(NC(=O)CC2CCCN2)C1. The zero-order valence-electron chi connectivity index (χ0n) is 9.59. The molecule has 0 aromatic carbocycles. The highest BCUT2D eigenvalue weighted by Gasteiger charge is 2.24. The summed E-state index contributed by atoms with van der Waals surface area (Å²) >= 11 is 0. The van der Waals surface area contributed by atoms with Crippen LogP contribution in [0.15, 0.2) is 0 Å². The average molecular weight is 210 g/mol.